The third kappa shape index (κ3) is 47.5. The van der Waals surface area contributed by atoms with Crippen molar-refractivity contribution in [1.29, 1.82) is 0 Å². The summed E-state index contributed by atoms with van der Waals surface area (Å²) in [6, 6.07) is 0. The minimum atomic E-state index is -0.761. The Kier molecular flexibility index (Phi) is 45.7. The fraction of sp³-hybridized carbons (Fsp3) is 0.944. The minimum absolute atomic E-state index is 0.0633. The van der Waals surface area contributed by atoms with Crippen LogP contribution in [0.3, 0.4) is 0 Å². The van der Waals surface area contributed by atoms with Gasteiger partial charge in [0.25, 0.3) is 0 Å². The number of carbonyl (C=O) groups excluding carboxylic acids is 3. The van der Waals surface area contributed by atoms with Crippen LogP contribution in [0.15, 0.2) is 0 Å². The molecule has 0 rings (SSSR count). The zero-order valence-electron chi connectivity index (χ0n) is 41.1. The van der Waals surface area contributed by atoms with Gasteiger partial charge in [-0.15, -0.1) is 0 Å². The van der Waals surface area contributed by atoms with Crippen LogP contribution in [0, 0.1) is 11.8 Å². The number of carbonyl (C=O) groups is 3. The molecule has 0 amide bonds. The zero-order chi connectivity index (χ0) is 44.0. The summed E-state index contributed by atoms with van der Waals surface area (Å²) in [6.07, 6.45) is 48.1. The standard InChI is InChI=1S/C54H104O6/c1-6-7-8-9-10-22-29-34-39-44-52(55)58-47-51(60-54(57)46-41-36-31-26-21-17-13-15-19-24-28-33-38-43-50(4)5)48-59-53(56)45-40-35-30-25-20-16-12-11-14-18-23-27-32-37-42-49(2)3/h49-51H,6-48H2,1-5H3/t51-/m0/s1. The Morgan fingerprint density at radius 2 is 0.550 bits per heavy atom. The van der Waals surface area contributed by atoms with E-state index in [4.69, 9.17) is 14.2 Å². The van der Waals surface area contributed by atoms with Gasteiger partial charge in [0, 0.05) is 19.3 Å². The molecule has 0 aromatic rings. The smallest absolute Gasteiger partial charge is 0.306 e. The highest BCUT2D eigenvalue weighted by molar-refractivity contribution is 5.71. The lowest BCUT2D eigenvalue weighted by Crippen LogP contribution is -2.30. The molecule has 0 spiro atoms. The second-order valence-corrected chi connectivity index (χ2v) is 19.5. The van der Waals surface area contributed by atoms with Gasteiger partial charge < -0.3 is 14.2 Å². The van der Waals surface area contributed by atoms with Crippen molar-refractivity contribution < 1.29 is 28.6 Å². The molecule has 0 aromatic heterocycles. The number of hydrogen-bond acceptors (Lipinski definition) is 6. The molecule has 0 aromatic carbocycles. The summed E-state index contributed by atoms with van der Waals surface area (Å²) in [5, 5.41) is 0. The average Bonchev–Trinajstić information content (AvgIpc) is 3.22. The van der Waals surface area contributed by atoms with Gasteiger partial charge in [-0.25, -0.2) is 0 Å². The van der Waals surface area contributed by atoms with Crippen LogP contribution < -0.4 is 0 Å². The Bertz CT molecular complexity index is 916. The van der Waals surface area contributed by atoms with E-state index >= 15 is 0 Å². The van der Waals surface area contributed by atoms with Crippen molar-refractivity contribution in [3.8, 4) is 0 Å². The Morgan fingerprint density at radius 1 is 0.317 bits per heavy atom. The minimum Gasteiger partial charge on any atom is -0.462 e. The van der Waals surface area contributed by atoms with Gasteiger partial charge in [-0.1, -0.05) is 259 Å². The van der Waals surface area contributed by atoms with Crippen molar-refractivity contribution in [3.05, 3.63) is 0 Å². The second-order valence-electron chi connectivity index (χ2n) is 19.5. The Morgan fingerprint density at radius 3 is 0.817 bits per heavy atom. The summed E-state index contributed by atoms with van der Waals surface area (Å²) in [7, 11) is 0. The summed E-state index contributed by atoms with van der Waals surface area (Å²) in [5.74, 6) is 0.836. The molecular weight excluding hydrogens is 745 g/mol. The van der Waals surface area contributed by atoms with Crippen molar-refractivity contribution in [2.75, 3.05) is 13.2 Å². The van der Waals surface area contributed by atoms with E-state index < -0.39 is 6.10 Å². The van der Waals surface area contributed by atoms with E-state index in [0.717, 1.165) is 69.6 Å². The molecule has 0 radical (unpaired) electrons. The van der Waals surface area contributed by atoms with Crippen LogP contribution in [-0.4, -0.2) is 37.2 Å². The lowest BCUT2D eigenvalue weighted by Gasteiger charge is -2.18. The fourth-order valence-electron chi connectivity index (χ4n) is 8.17. The monoisotopic (exact) mass is 849 g/mol. The van der Waals surface area contributed by atoms with Crippen molar-refractivity contribution >= 4 is 17.9 Å². The highest BCUT2D eigenvalue weighted by Gasteiger charge is 2.19. The largest absolute Gasteiger partial charge is 0.462 e. The van der Waals surface area contributed by atoms with E-state index in [-0.39, 0.29) is 31.1 Å². The molecule has 0 fully saturated rings. The van der Waals surface area contributed by atoms with Crippen LogP contribution in [0.5, 0.6) is 0 Å². The SMILES string of the molecule is CCCCCCCCCCCC(=O)OC[C@@H](COC(=O)CCCCCCCCCCCCCCCCC(C)C)OC(=O)CCCCCCCCCCCCCCCC(C)C. The van der Waals surface area contributed by atoms with Crippen LogP contribution in [0.4, 0.5) is 0 Å². The van der Waals surface area contributed by atoms with Crippen LogP contribution in [0.1, 0.15) is 298 Å². The first-order valence-corrected chi connectivity index (χ1v) is 26.7. The van der Waals surface area contributed by atoms with E-state index in [1.165, 1.54) is 186 Å². The van der Waals surface area contributed by atoms with Gasteiger partial charge >= 0.3 is 17.9 Å². The quantitative estimate of drug-likeness (QED) is 0.0345. The number of hydrogen-bond donors (Lipinski definition) is 0. The zero-order valence-corrected chi connectivity index (χ0v) is 41.1. The van der Waals surface area contributed by atoms with Crippen molar-refractivity contribution in [1.82, 2.24) is 0 Å². The topological polar surface area (TPSA) is 78.9 Å². The first-order valence-electron chi connectivity index (χ1n) is 26.7. The van der Waals surface area contributed by atoms with E-state index in [1.54, 1.807) is 0 Å². The number of rotatable bonds is 48. The van der Waals surface area contributed by atoms with Gasteiger partial charge in [-0.3, -0.25) is 14.4 Å². The summed E-state index contributed by atoms with van der Waals surface area (Å²) in [4.78, 5) is 37.9. The van der Waals surface area contributed by atoms with Crippen molar-refractivity contribution in [3.63, 3.8) is 0 Å². The maximum absolute atomic E-state index is 12.8. The first-order chi connectivity index (χ1) is 29.2. The van der Waals surface area contributed by atoms with E-state index in [1.807, 2.05) is 0 Å². The van der Waals surface area contributed by atoms with Crippen molar-refractivity contribution in [2.24, 2.45) is 11.8 Å². The summed E-state index contributed by atoms with van der Waals surface area (Å²) < 4.78 is 16.8. The Labute approximate surface area is 374 Å². The van der Waals surface area contributed by atoms with Gasteiger partial charge in [0.15, 0.2) is 6.10 Å². The molecule has 0 saturated heterocycles. The van der Waals surface area contributed by atoms with Crippen LogP contribution in [-0.2, 0) is 28.6 Å². The molecule has 0 aliphatic carbocycles. The molecular formula is C54H104O6. The van der Waals surface area contributed by atoms with E-state index in [0.29, 0.717) is 19.3 Å². The maximum Gasteiger partial charge on any atom is 0.306 e. The predicted molar refractivity (Wildman–Crippen MR) is 256 cm³/mol. The molecule has 0 N–H and O–H groups in total. The normalized spacial score (nSPS) is 12.1. The Balaban J connectivity index is 4.25. The molecule has 0 aliphatic heterocycles. The van der Waals surface area contributed by atoms with Gasteiger partial charge in [-0.05, 0) is 31.1 Å². The summed E-state index contributed by atoms with van der Waals surface area (Å²) >= 11 is 0. The molecule has 0 unspecified atom stereocenters. The predicted octanol–water partition coefficient (Wildman–Crippen LogP) is 17.3. The maximum atomic E-state index is 12.8. The number of unbranched alkanes of at least 4 members (excludes halogenated alkanes) is 33. The lowest BCUT2D eigenvalue weighted by atomic mass is 10.0. The molecule has 0 aliphatic rings. The highest BCUT2D eigenvalue weighted by Crippen LogP contribution is 2.18. The molecule has 0 heterocycles. The molecule has 356 valence electrons. The molecule has 0 saturated carbocycles. The van der Waals surface area contributed by atoms with E-state index in [2.05, 4.69) is 34.6 Å². The van der Waals surface area contributed by atoms with Crippen LogP contribution >= 0.6 is 0 Å². The molecule has 6 heteroatoms. The third-order valence-electron chi connectivity index (χ3n) is 12.2. The van der Waals surface area contributed by atoms with Crippen LogP contribution in [0.25, 0.3) is 0 Å². The van der Waals surface area contributed by atoms with Gasteiger partial charge in [-0.2, -0.15) is 0 Å². The summed E-state index contributed by atoms with van der Waals surface area (Å²) in [6.45, 7) is 11.4. The first kappa shape index (κ1) is 58.4. The Hall–Kier alpha value is -1.59. The second kappa shape index (κ2) is 46.9. The van der Waals surface area contributed by atoms with E-state index in [9.17, 15) is 14.4 Å². The molecule has 1 atom stereocenters. The molecule has 0 bridgehead atoms. The third-order valence-corrected chi connectivity index (χ3v) is 12.2. The van der Waals surface area contributed by atoms with Gasteiger partial charge in [0.2, 0.25) is 0 Å². The lowest BCUT2D eigenvalue weighted by molar-refractivity contribution is -0.167. The molecule has 6 nitrogen and oxygen atoms in total. The number of esters is 3. The number of ether oxygens (including phenoxy) is 3. The van der Waals surface area contributed by atoms with Gasteiger partial charge in [0.1, 0.15) is 13.2 Å². The van der Waals surface area contributed by atoms with Crippen LogP contribution in [0.2, 0.25) is 0 Å². The van der Waals surface area contributed by atoms with Gasteiger partial charge in [0.05, 0.1) is 0 Å². The highest BCUT2D eigenvalue weighted by atomic mass is 16.6. The summed E-state index contributed by atoms with van der Waals surface area (Å²) in [5.41, 5.74) is 0. The van der Waals surface area contributed by atoms with Crippen molar-refractivity contribution in [2.45, 2.75) is 304 Å². The molecule has 60 heavy (non-hydrogen) atoms. The average molecular weight is 849 g/mol. The fourth-order valence-corrected chi connectivity index (χ4v) is 8.17.